The summed E-state index contributed by atoms with van der Waals surface area (Å²) >= 11 is 0. The third-order valence-corrected chi connectivity index (χ3v) is 5.22. The standard InChI is InChI=1S/C23H29N3O4/c1-25(2)21-9-8-17(14-20(21)23(28)26-10-6-5-7-11-26)24-22(27)16-12-18(29-3)15-19(13-16)30-4/h8-9,12-15H,5-7,10-11H2,1-4H3,(H,24,27). The summed E-state index contributed by atoms with van der Waals surface area (Å²) in [5.74, 6) is 0.755. The number of amides is 2. The van der Waals surface area contributed by atoms with E-state index in [4.69, 9.17) is 9.47 Å². The van der Waals surface area contributed by atoms with Crippen LogP contribution in [0.15, 0.2) is 36.4 Å². The van der Waals surface area contributed by atoms with E-state index in [0.29, 0.717) is 28.3 Å². The third-order valence-electron chi connectivity index (χ3n) is 5.22. The highest BCUT2D eigenvalue weighted by atomic mass is 16.5. The van der Waals surface area contributed by atoms with Crippen LogP contribution in [-0.4, -0.2) is 58.1 Å². The maximum absolute atomic E-state index is 13.2. The molecule has 1 aliphatic heterocycles. The number of hydrogen-bond donors (Lipinski definition) is 1. The van der Waals surface area contributed by atoms with Crippen molar-refractivity contribution in [3.8, 4) is 11.5 Å². The van der Waals surface area contributed by atoms with Crippen molar-refractivity contribution < 1.29 is 19.1 Å². The minimum Gasteiger partial charge on any atom is -0.497 e. The number of ether oxygens (including phenoxy) is 2. The lowest BCUT2D eigenvalue weighted by Crippen LogP contribution is -2.36. The van der Waals surface area contributed by atoms with E-state index in [0.717, 1.165) is 38.0 Å². The van der Waals surface area contributed by atoms with Gasteiger partial charge in [-0.3, -0.25) is 9.59 Å². The van der Waals surface area contributed by atoms with Crippen LogP contribution in [0.3, 0.4) is 0 Å². The second-order valence-corrected chi connectivity index (χ2v) is 7.53. The van der Waals surface area contributed by atoms with E-state index in [1.165, 1.54) is 14.2 Å². The Morgan fingerprint density at radius 2 is 1.57 bits per heavy atom. The highest BCUT2D eigenvalue weighted by Crippen LogP contribution is 2.27. The van der Waals surface area contributed by atoms with E-state index in [2.05, 4.69) is 5.32 Å². The molecule has 0 bridgehead atoms. The number of nitrogens with one attached hydrogen (secondary N) is 1. The molecule has 1 heterocycles. The average Bonchev–Trinajstić information content (AvgIpc) is 2.78. The van der Waals surface area contributed by atoms with Crippen molar-refractivity contribution in [2.45, 2.75) is 19.3 Å². The maximum Gasteiger partial charge on any atom is 0.256 e. The van der Waals surface area contributed by atoms with Crippen molar-refractivity contribution in [1.29, 1.82) is 0 Å². The number of hydrogen-bond acceptors (Lipinski definition) is 5. The minimum atomic E-state index is -0.304. The number of nitrogens with zero attached hydrogens (tertiary/aromatic N) is 2. The molecule has 160 valence electrons. The van der Waals surface area contributed by atoms with E-state index >= 15 is 0 Å². The summed E-state index contributed by atoms with van der Waals surface area (Å²) in [6, 6.07) is 10.4. The highest BCUT2D eigenvalue weighted by molar-refractivity contribution is 6.06. The van der Waals surface area contributed by atoms with Crippen molar-refractivity contribution in [3.05, 3.63) is 47.5 Å². The van der Waals surface area contributed by atoms with Gasteiger partial charge in [0.15, 0.2) is 0 Å². The van der Waals surface area contributed by atoms with Gasteiger partial charge in [-0.05, 0) is 49.6 Å². The zero-order valence-electron chi connectivity index (χ0n) is 18.0. The van der Waals surface area contributed by atoms with Crippen LogP contribution >= 0.6 is 0 Å². The van der Waals surface area contributed by atoms with E-state index in [1.54, 1.807) is 30.3 Å². The van der Waals surface area contributed by atoms with Crippen LogP contribution in [0.25, 0.3) is 0 Å². The van der Waals surface area contributed by atoms with Crippen LogP contribution in [0, 0.1) is 0 Å². The van der Waals surface area contributed by atoms with Crippen LogP contribution in [0.4, 0.5) is 11.4 Å². The average molecular weight is 412 g/mol. The number of likely N-dealkylation sites (tertiary alicyclic amines) is 1. The molecule has 1 fully saturated rings. The molecule has 1 aliphatic rings. The molecule has 3 rings (SSSR count). The lowest BCUT2D eigenvalue weighted by atomic mass is 10.1. The molecule has 0 aromatic heterocycles. The summed E-state index contributed by atoms with van der Waals surface area (Å²) < 4.78 is 10.5. The first-order valence-corrected chi connectivity index (χ1v) is 10.1. The molecule has 2 aromatic carbocycles. The van der Waals surface area contributed by atoms with Gasteiger partial charge in [-0.15, -0.1) is 0 Å². The van der Waals surface area contributed by atoms with Crippen molar-refractivity contribution >= 4 is 23.2 Å². The summed E-state index contributed by atoms with van der Waals surface area (Å²) in [4.78, 5) is 29.8. The largest absolute Gasteiger partial charge is 0.497 e. The predicted molar refractivity (Wildman–Crippen MR) is 118 cm³/mol. The minimum absolute atomic E-state index is 0.00227. The first kappa shape index (κ1) is 21.5. The first-order chi connectivity index (χ1) is 14.4. The Hall–Kier alpha value is -3.22. The number of piperidine rings is 1. The Labute approximate surface area is 177 Å². The van der Waals surface area contributed by atoms with Gasteiger partial charge < -0.3 is 24.6 Å². The number of carbonyl (C=O) groups is 2. The monoisotopic (exact) mass is 411 g/mol. The Kier molecular flexibility index (Phi) is 6.82. The molecular formula is C23H29N3O4. The Balaban J connectivity index is 1.87. The highest BCUT2D eigenvalue weighted by Gasteiger charge is 2.22. The Morgan fingerprint density at radius 3 is 2.13 bits per heavy atom. The summed E-state index contributed by atoms with van der Waals surface area (Å²) in [5.41, 5.74) is 2.38. The van der Waals surface area contributed by atoms with Crippen molar-refractivity contribution in [2.75, 3.05) is 51.6 Å². The van der Waals surface area contributed by atoms with Gasteiger partial charge in [-0.25, -0.2) is 0 Å². The molecule has 0 radical (unpaired) electrons. The summed E-state index contributed by atoms with van der Waals surface area (Å²) in [6.07, 6.45) is 3.21. The van der Waals surface area contributed by atoms with Gasteiger partial charge in [-0.2, -0.15) is 0 Å². The Bertz CT molecular complexity index is 898. The third kappa shape index (κ3) is 4.84. The van der Waals surface area contributed by atoms with Crippen LogP contribution in [0.5, 0.6) is 11.5 Å². The van der Waals surface area contributed by atoms with Gasteiger partial charge in [-0.1, -0.05) is 0 Å². The smallest absolute Gasteiger partial charge is 0.256 e. The van der Waals surface area contributed by atoms with E-state index in [1.807, 2.05) is 30.0 Å². The molecule has 0 unspecified atom stereocenters. The molecule has 0 atom stereocenters. The van der Waals surface area contributed by atoms with Crippen molar-refractivity contribution in [1.82, 2.24) is 4.90 Å². The van der Waals surface area contributed by atoms with Crippen molar-refractivity contribution in [2.24, 2.45) is 0 Å². The first-order valence-electron chi connectivity index (χ1n) is 10.1. The van der Waals surface area contributed by atoms with Gasteiger partial charge in [0, 0.05) is 50.2 Å². The van der Waals surface area contributed by atoms with Crippen LogP contribution in [-0.2, 0) is 0 Å². The molecular weight excluding hydrogens is 382 g/mol. The molecule has 2 amide bonds. The summed E-state index contributed by atoms with van der Waals surface area (Å²) in [7, 11) is 6.88. The van der Waals surface area contributed by atoms with Gasteiger partial charge >= 0.3 is 0 Å². The van der Waals surface area contributed by atoms with Gasteiger partial charge in [0.1, 0.15) is 11.5 Å². The number of benzene rings is 2. The zero-order valence-corrected chi connectivity index (χ0v) is 18.0. The number of carbonyl (C=O) groups excluding carboxylic acids is 2. The molecule has 0 saturated carbocycles. The number of anilines is 2. The molecule has 2 aromatic rings. The lowest BCUT2D eigenvalue weighted by Gasteiger charge is -2.28. The molecule has 1 N–H and O–H groups in total. The molecule has 0 aliphatic carbocycles. The van der Waals surface area contributed by atoms with Gasteiger partial charge in [0.05, 0.1) is 19.8 Å². The fourth-order valence-corrected chi connectivity index (χ4v) is 3.58. The molecule has 1 saturated heterocycles. The summed E-state index contributed by atoms with van der Waals surface area (Å²) in [5, 5.41) is 2.89. The summed E-state index contributed by atoms with van der Waals surface area (Å²) in [6.45, 7) is 1.54. The van der Waals surface area contributed by atoms with Crippen LogP contribution in [0.2, 0.25) is 0 Å². The van der Waals surface area contributed by atoms with E-state index in [9.17, 15) is 9.59 Å². The Morgan fingerprint density at radius 1 is 0.933 bits per heavy atom. The van der Waals surface area contributed by atoms with Gasteiger partial charge in [0.25, 0.3) is 11.8 Å². The fraction of sp³-hybridized carbons (Fsp3) is 0.391. The molecule has 30 heavy (non-hydrogen) atoms. The predicted octanol–water partition coefficient (Wildman–Crippen LogP) is 3.65. The van der Waals surface area contributed by atoms with E-state index < -0.39 is 0 Å². The maximum atomic E-state index is 13.2. The number of methoxy groups -OCH3 is 2. The van der Waals surface area contributed by atoms with Crippen LogP contribution in [0.1, 0.15) is 40.0 Å². The molecule has 7 nitrogen and oxygen atoms in total. The van der Waals surface area contributed by atoms with Gasteiger partial charge in [0.2, 0.25) is 0 Å². The van der Waals surface area contributed by atoms with E-state index in [-0.39, 0.29) is 11.8 Å². The molecule has 7 heteroatoms. The van der Waals surface area contributed by atoms with Crippen LogP contribution < -0.4 is 19.7 Å². The second kappa shape index (κ2) is 9.52. The lowest BCUT2D eigenvalue weighted by molar-refractivity contribution is 0.0724. The zero-order chi connectivity index (χ0) is 21.7. The van der Waals surface area contributed by atoms with Crippen molar-refractivity contribution in [3.63, 3.8) is 0 Å². The normalized spacial score (nSPS) is 13.5. The SMILES string of the molecule is COc1cc(OC)cc(C(=O)Nc2ccc(N(C)C)c(C(=O)N3CCCCC3)c2)c1. The number of rotatable bonds is 6. The second-order valence-electron chi connectivity index (χ2n) is 7.53. The molecule has 0 spiro atoms. The quantitative estimate of drug-likeness (QED) is 0.786. The fourth-order valence-electron chi connectivity index (χ4n) is 3.58. The topological polar surface area (TPSA) is 71.1 Å².